The van der Waals surface area contributed by atoms with Crippen LogP contribution in [0.1, 0.15) is 81.4 Å². The summed E-state index contributed by atoms with van der Waals surface area (Å²) in [6.45, 7) is 4.27. The SMILES string of the molecule is C/C=C/CCC1CCc2cc(-c3ccc(C4CCC(/C=C/C)CC4)cc3)ccc2C1. The third-order valence-electron chi connectivity index (χ3n) is 7.47. The van der Waals surface area contributed by atoms with Gasteiger partial charge in [-0.15, -0.1) is 0 Å². The van der Waals surface area contributed by atoms with Crippen molar-refractivity contribution in [3.8, 4) is 11.1 Å². The second-order valence-electron chi connectivity index (χ2n) is 9.50. The maximum absolute atomic E-state index is 2.47. The first-order valence-electron chi connectivity index (χ1n) is 12.2. The molecule has 0 N–H and O–H groups in total. The molecule has 0 radical (unpaired) electrons. The molecule has 2 aromatic carbocycles. The summed E-state index contributed by atoms with van der Waals surface area (Å²) in [6, 6.07) is 16.7. The molecule has 1 unspecified atom stereocenters. The van der Waals surface area contributed by atoms with Crippen LogP contribution in [0.2, 0.25) is 0 Å². The van der Waals surface area contributed by atoms with Crippen LogP contribution in [-0.4, -0.2) is 0 Å². The zero-order valence-electron chi connectivity index (χ0n) is 18.9. The lowest BCUT2D eigenvalue weighted by atomic mass is 9.78. The number of aryl methyl sites for hydroxylation is 1. The molecule has 158 valence electrons. The molecule has 4 rings (SSSR count). The van der Waals surface area contributed by atoms with Crippen LogP contribution in [0.5, 0.6) is 0 Å². The van der Waals surface area contributed by atoms with Crippen molar-refractivity contribution in [2.24, 2.45) is 11.8 Å². The number of hydrogen-bond donors (Lipinski definition) is 0. The van der Waals surface area contributed by atoms with Crippen molar-refractivity contribution in [3.05, 3.63) is 83.5 Å². The largest absolute Gasteiger partial charge is 0.0917 e. The summed E-state index contributed by atoms with van der Waals surface area (Å²) in [4.78, 5) is 0. The van der Waals surface area contributed by atoms with Gasteiger partial charge in [0.05, 0.1) is 0 Å². The highest BCUT2D eigenvalue weighted by Crippen LogP contribution is 2.37. The van der Waals surface area contributed by atoms with Gasteiger partial charge in [0.2, 0.25) is 0 Å². The summed E-state index contributed by atoms with van der Waals surface area (Å²) in [6.07, 6.45) is 20.9. The first-order valence-corrected chi connectivity index (χ1v) is 12.2. The molecule has 0 heteroatoms. The van der Waals surface area contributed by atoms with E-state index >= 15 is 0 Å². The van der Waals surface area contributed by atoms with Gasteiger partial charge in [-0.2, -0.15) is 0 Å². The number of rotatable bonds is 6. The number of benzene rings is 2. The topological polar surface area (TPSA) is 0 Å². The van der Waals surface area contributed by atoms with Gasteiger partial charge in [-0.25, -0.2) is 0 Å². The molecule has 2 aliphatic carbocycles. The maximum Gasteiger partial charge on any atom is -0.0162 e. The third kappa shape index (κ3) is 5.15. The van der Waals surface area contributed by atoms with Crippen LogP contribution in [0.4, 0.5) is 0 Å². The van der Waals surface area contributed by atoms with Gasteiger partial charge in [-0.3, -0.25) is 0 Å². The molecule has 0 spiro atoms. The molecule has 0 nitrogen and oxygen atoms in total. The van der Waals surface area contributed by atoms with Gasteiger partial charge in [-0.05, 0) is 117 Å². The zero-order valence-corrected chi connectivity index (χ0v) is 18.9. The Bertz CT molecular complexity index is 859. The minimum absolute atomic E-state index is 0.753. The van der Waals surface area contributed by atoms with Crippen LogP contribution in [0, 0.1) is 11.8 Å². The van der Waals surface area contributed by atoms with Gasteiger partial charge >= 0.3 is 0 Å². The van der Waals surface area contributed by atoms with Crippen molar-refractivity contribution in [2.75, 3.05) is 0 Å². The molecule has 0 saturated heterocycles. The van der Waals surface area contributed by atoms with E-state index in [1.807, 2.05) is 0 Å². The molecule has 1 saturated carbocycles. The van der Waals surface area contributed by atoms with Gasteiger partial charge in [0.15, 0.2) is 0 Å². The minimum atomic E-state index is 0.753. The maximum atomic E-state index is 2.47. The predicted molar refractivity (Wildman–Crippen MR) is 131 cm³/mol. The van der Waals surface area contributed by atoms with E-state index in [-0.39, 0.29) is 0 Å². The summed E-state index contributed by atoms with van der Waals surface area (Å²) in [5.74, 6) is 2.43. The molecule has 0 aliphatic heterocycles. The first-order chi connectivity index (χ1) is 14.8. The summed E-state index contributed by atoms with van der Waals surface area (Å²) >= 11 is 0. The highest BCUT2D eigenvalue weighted by atomic mass is 14.3. The van der Waals surface area contributed by atoms with E-state index in [9.17, 15) is 0 Å². The fourth-order valence-electron chi connectivity index (χ4n) is 5.62. The normalized spacial score (nSPS) is 24.4. The molecule has 2 aliphatic rings. The van der Waals surface area contributed by atoms with E-state index in [4.69, 9.17) is 0 Å². The zero-order chi connectivity index (χ0) is 20.8. The molecule has 2 aromatic rings. The fourth-order valence-corrected chi connectivity index (χ4v) is 5.62. The van der Waals surface area contributed by atoms with E-state index in [2.05, 4.69) is 80.6 Å². The van der Waals surface area contributed by atoms with E-state index in [0.717, 1.165) is 17.8 Å². The Morgan fingerprint density at radius 3 is 2.30 bits per heavy atom. The molecule has 0 aromatic heterocycles. The van der Waals surface area contributed by atoms with Crippen LogP contribution in [-0.2, 0) is 12.8 Å². The van der Waals surface area contributed by atoms with Gasteiger partial charge in [0.25, 0.3) is 0 Å². The fraction of sp³-hybridized carbons (Fsp3) is 0.467. The Morgan fingerprint density at radius 1 is 0.800 bits per heavy atom. The molecule has 0 bridgehead atoms. The van der Waals surface area contributed by atoms with Crippen molar-refractivity contribution in [1.82, 2.24) is 0 Å². The lowest BCUT2D eigenvalue weighted by Gasteiger charge is -2.27. The van der Waals surface area contributed by atoms with E-state index in [0.29, 0.717) is 0 Å². The molecular weight excluding hydrogens is 360 g/mol. The number of fused-ring (bicyclic) bond motifs is 1. The van der Waals surface area contributed by atoms with Gasteiger partial charge in [0, 0.05) is 0 Å². The van der Waals surface area contributed by atoms with Crippen molar-refractivity contribution >= 4 is 0 Å². The Kier molecular flexibility index (Phi) is 7.26. The summed E-state index contributed by atoms with van der Waals surface area (Å²) in [5, 5.41) is 0. The molecule has 1 fully saturated rings. The highest BCUT2D eigenvalue weighted by molar-refractivity contribution is 5.65. The standard InChI is InChI=1S/C30H38/c1-3-5-6-8-24-11-14-30-22-29(20-19-28(30)21-24)27-17-15-26(16-18-27)25-12-9-23(7-4-2)10-13-25/h3-5,7,15-20,22-25H,6,8-14,21H2,1-2H3/b5-3+,7-4+. The van der Waals surface area contributed by atoms with Gasteiger partial charge in [-0.1, -0.05) is 66.8 Å². The van der Waals surface area contributed by atoms with Crippen LogP contribution in [0.3, 0.4) is 0 Å². The molecule has 0 amide bonds. The highest BCUT2D eigenvalue weighted by Gasteiger charge is 2.21. The Balaban J connectivity index is 1.39. The molecule has 1 atom stereocenters. The lowest BCUT2D eigenvalue weighted by molar-refractivity contribution is 0.376. The van der Waals surface area contributed by atoms with E-state index in [1.54, 1.807) is 16.7 Å². The third-order valence-corrected chi connectivity index (χ3v) is 7.47. The van der Waals surface area contributed by atoms with Gasteiger partial charge in [0.1, 0.15) is 0 Å². The van der Waals surface area contributed by atoms with Crippen LogP contribution in [0.15, 0.2) is 66.8 Å². The summed E-state index contributed by atoms with van der Waals surface area (Å²) in [5.41, 5.74) is 7.48. The van der Waals surface area contributed by atoms with Gasteiger partial charge < -0.3 is 0 Å². The second kappa shape index (κ2) is 10.3. The van der Waals surface area contributed by atoms with E-state index in [1.165, 1.54) is 68.9 Å². The first kappa shape index (κ1) is 21.2. The lowest BCUT2D eigenvalue weighted by Crippen LogP contribution is -2.14. The smallest absolute Gasteiger partial charge is 0.0162 e. The van der Waals surface area contributed by atoms with Crippen molar-refractivity contribution < 1.29 is 0 Å². The van der Waals surface area contributed by atoms with Crippen LogP contribution in [0.25, 0.3) is 11.1 Å². The molecule has 30 heavy (non-hydrogen) atoms. The average molecular weight is 399 g/mol. The second-order valence-corrected chi connectivity index (χ2v) is 9.50. The van der Waals surface area contributed by atoms with Crippen molar-refractivity contribution in [2.45, 2.75) is 77.6 Å². The summed E-state index contributed by atoms with van der Waals surface area (Å²) < 4.78 is 0. The molecular formula is C30H38. The number of hydrogen-bond acceptors (Lipinski definition) is 0. The van der Waals surface area contributed by atoms with Crippen molar-refractivity contribution in [1.29, 1.82) is 0 Å². The Hall–Kier alpha value is -2.08. The van der Waals surface area contributed by atoms with Crippen molar-refractivity contribution in [3.63, 3.8) is 0 Å². The average Bonchev–Trinajstić information content (AvgIpc) is 2.80. The monoisotopic (exact) mass is 398 g/mol. The minimum Gasteiger partial charge on any atom is -0.0917 e. The summed E-state index contributed by atoms with van der Waals surface area (Å²) in [7, 11) is 0. The predicted octanol–water partition coefficient (Wildman–Crippen LogP) is 8.66. The quantitative estimate of drug-likeness (QED) is 0.427. The molecule has 0 heterocycles. The Labute approximate surface area is 184 Å². The van der Waals surface area contributed by atoms with E-state index < -0.39 is 0 Å². The van der Waals surface area contributed by atoms with Crippen LogP contribution >= 0.6 is 0 Å². The Morgan fingerprint density at radius 2 is 1.57 bits per heavy atom. The van der Waals surface area contributed by atoms with Crippen LogP contribution < -0.4 is 0 Å². The number of allylic oxidation sites excluding steroid dienone is 4.